The summed E-state index contributed by atoms with van der Waals surface area (Å²) >= 11 is 2.19. The van der Waals surface area contributed by atoms with Crippen LogP contribution in [0.15, 0.2) is 18.2 Å². The molecule has 0 amide bonds. The summed E-state index contributed by atoms with van der Waals surface area (Å²) < 4.78 is 28.3. The van der Waals surface area contributed by atoms with Crippen LogP contribution in [-0.2, 0) is 10.0 Å². The number of hydrogen-bond acceptors (Lipinski definition) is 3. The van der Waals surface area contributed by atoms with Crippen LogP contribution in [0.25, 0.3) is 0 Å². The molecular weight excluding hydrogens is 377 g/mol. The first-order chi connectivity index (χ1) is 8.90. The summed E-state index contributed by atoms with van der Waals surface area (Å²) in [5, 5.41) is 9.18. The van der Waals surface area contributed by atoms with Crippen molar-refractivity contribution in [1.82, 2.24) is 0 Å². The van der Waals surface area contributed by atoms with Crippen molar-refractivity contribution < 1.29 is 13.5 Å². The van der Waals surface area contributed by atoms with Crippen molar-refractivity contribution in [1.29, 1.82) is 0 Å². The van der Waals surface area contributed by atoms with Gasteiger partial charge in [-0.1, -0.05) is 12.8 Å². The van der Waals surface area contributed by atoms with Gasteiger partial charge in [-0.3, -0.25) is 4.72 Å². The van der Waals surface area contributed by atoms with Gasteiger partial charge in [-0.15, -0.1) is 0 Å². The molecule has 19 heavy (non-hydrogen) atoms. The Morgan fingerprint density at radius 1 is 1.32 bits per heavy atom. The molecule has 0 radical (unpaired) electrons. The van der Waals surface area contributed by atoms with Crippen LogP contribution in [0.1, 0.15) is 31.2 Å². The maximum Gasteiger partial charge on any atom is 0.238 e. The first-order valence-electron chi connectivity index (χ1n) is 6.36. The van der Waals surface area contributed by atoms with Gasteiger partial charge in [-0.25, -0.2) is 8.42 Å². The lowest BCUT2D eigenvalue weighted by Gasteiger charge is -2.27. The van der Waals surface area contributed by atoms with Gasteiger partial charge in [0.15, 0.2) is 0 Å². The molecule has 1 aromatic carbocycles. The predicted molar refractivity (Wildman–Crippen MR) is 84.7 cm³/mol. The normalized spacial score (nSPS) is 24.2. The molecule has 2 atom stereocenters. The highest BCUT2D eigenvalue weighted by atomic mass is 127. The van der Waals surface area contributed by atoms with Crippen molar-refractivity contribution in [3.63, 3.8) is 0 Å². The Morgan fingerprint density at radius 2 is 2.00 bits per heavy atom. The summed E-state index contributed by atoms with van der Waals surface area (Å²) in [6.45, 7) is 1.87. The van der Waals surface area contributed by atoms with Crippen LogP contribution in [0, 0.1) is 10.5 Å². The first kappa shape index (κ1) is 15.1. The van der Waals surface area contributed by atoms with E-state index in [9.17, 15) is 13.5 Å². The molecule has 2 unspecified atom stereocenters. The van der Waals surface area contributed by atoms with E-state index in [0.29, 0.717) is 18.5 Å². The highest BCUT2D eigenvalue weighted by Gasteiger charge is 2.34. The minimum absolute atomic E-state index is 0.528. The number of anilines is 1. The zero-order chi connectivity index (χ0) is 14.0. The molecule has 0 aliphatic heterocycles. The second kappa shape index (κ2) is 5.97. The molecule has 1 aliphatic carbocycles. The molecule has 2 rings (SSSR count). The van der Waals surface area contributed by atoms with Crippen LogP contribution < -0.4 is 4.72 Å². The van der Waals surface area contributed by atoms with Gasteiger partial charge in [-0.2, -0.15) is 0 Å². The van der Waals surface area contributed by atoms with Crippen molar-refractivity contribution >= 4 is 38.3 Å². The molecule has 1 saturated carbocycles. The van der Waals surface area contributed by atoms with E-state index in [1.807, 2.05) is 19.1 Å². The van der Waals surface area contributed by atoms with Gasteiger partial charge in [0.1, 0.15) is 5.25 Å². The van der Waals surface area contributed by atoms with Crippen LogP contribution in [0.4, 0.5) is 5.69 Å². The minimum atomic E-state index is -3.52. The lowest BCUT2D eigenvalue weighted by Crippen LogP contribution is -2.40. The fraction of sp³-hybridized carbons (Fsp3) is 0.538. The number of sulfonamides is 1. The number of aryl methyl sites for hydroxylation is 1. The highest BCUT2D eigenvalue weighted by Crippen LogP contribution is 2.27. The molecule has 0 spiro atoms. The molecule has 106 valence electrons. The van der Waals surface area contributed by atoms with Crippen LogP contribution in [0.2, 0.25) is 0 Å². The molecule has 0 aromatic heterocycles. The number of aliphatic hydroxyl groups is 1. The summed E-state index contributed by atoms with van der Waals surface area (Å²) in [6.07, 6.45) is 2.09. The molecule has 1 fully saturated rings. The van der Waals surface area contributed by atoms with E-state index >= 15 is 0 Å². The van der Waals surface area contributed by atoms with Crippen LogP contribution in [0.3, 0.4) is 0 Å². The quantitative estimate of drug-likeness (QED) is 0.774. The SMILES string of the molecule is Cc1cc(I)ccc1NS(=O)(=O)C1CCCCC1O. The average molecular weight is 395 g/mol. The molecule has 0 bridgehead atoms. The van der Waals surface area contributed by atoms with E-state index in [2.05, 4.69) is 27.3 Å². The van der Waals surface area contributed by atoms with Gasteiger partial charge >= 0.3 is 0 Å². The van der Waals surface area contributed by atoms with E-state index in [0.717, 1.165) is 22.0 Å². The third-order valence-electron chi connectivity index (χ3n) is 3.51. The van der Waals surface area contributed by atoms with Gasteiger partial charge in [0.25, 0.3) is 0 Å². The predicted octanol–water partition coefficient (Wildman–Crippen LogP) is 2.64. The van der Waals surface area contributed by atoms with E-state index in [4.69, 9.17) is 0 Å². The molecular formula is C13H18INO3S. The van der Waals surface area contributed by atoms with Crippen LogP contribution in [0.5, 0.6) is 0 Å². The zero-order valence-corrected chi connectivity index (χ0v) is 13.7. The number of hydrogen-bond donors (Lipinski definition) is 2. The molecule has 4 nitrogen and oxygen atoms in total. The van der Waals surface area contributed by atoms with Gasteiger partial charge < -0.3 is 5.11 Å². The summed E-state index contributed by atoms with van der Waals surface area (Å²) in [4.78, 5) is 0. The van der Waals surface area contributed by atoms with Crippen LogP contribution in [-0.4, -0.2) is 24.9 Å². The minimum Gasteiger partial charge on any atom is -0.392 e. The second-order valence-electron chi connectivity index (χ2n) is 5.00. The Balaban J connectivity index is 2.20. The highest BCUT2D eigenvalue weighted by molar-refractivity contribution is 14.1. The monoisotopic (exact) mass is 395 g/mol. The molecule has 0 heterocycles. The Kier molecular flexibility index (Phi) is 4.73. The molecule has 1 aromatic rings. The zero-order valence-electron chi connectivity index (χ0n) is 10.8. The van der Waals surface area contributed by atoms with Gasteiger partial charge in [0, 0.05) is 3.57 Å². The van der Waals surface area contributed by atoms with Crippen molar-refractivity contribution in [2.45, 2.75) is 44.0 Å². The van der Waals surface area contributed by atoms with E-state index in [1.54, 1.807) is 6.07 Å². The maximum atomic E-state index is 12.3. The first-order valence-corrected chi connectivity index (χ1v) is 8.98. The van der Waals surface area contributed by atoms with Crippen molar-refractivity contribution in [2.24, 2.45) is 0 Å². The number of benzene rings is 1. The third-order valence-corrected chi connectivity index (χ3v) is 6.03. The molecule has 1 aliphatic rings. The summed E-state index contributed by atoms with van der Waals surface area (Å²) in [5.74, 6) is 0. The van der Waals surface area contributed by atoms with Crippen molar-refractivity contribution in [2.75, 3.05) is 4.72 Å². The summed E-state index contributed by atoms with van der Waals surface area (Å²) in [6, 6.07) is 5.56. The fourth-order valence-corrected chi connectivity index (χ4v) is 4.77. The Morgan fingerprint density at radius 3 is 2.63 bits per heavy atom. The fourth-order valence-electron chi connectivity index (χ4n) is 2.41. The summed E-state index contributed by atoms with van der Waals surface area (Å²) in [5.41, 5.74) is 1.49. The largest absolute Gasteiger partial charge is 0.392 e. The van der Waals surface area contributed by atoms with Gasteiger partial charge in [-0.05, 0) is 66.1 Å². The second-order valence-corrected chi connectivity index (χ2v) is 8.14. The Hall–Kier alpha value is -0.340. The van der Waals surface area contributed by atoms with Crippen LogP contribution >= 0.6 is 22.6 Å². The summed E-state index contributed by atoms with van der Waals surface area (Å²) in [7, 11) is -3.52. The van der Waals surface area contributed by atoms with E-state index < -0.39 is 21.4 Å². The Bertz CT molecular complexity index is 559. The lowest BCUT2D eigenvalue weighted by atomic mass is 9.97. The molecule has 6 heteroatoms. The third kappa shape index (κ3) is 3.61. The van der Waals surface area contributed by atoms with Gasteiger partial charge in [0.2, 0.25) is 10.0 Å². The number of nitrogens with one attached hydrogen (secondary N) is 1. The number of halogens is 1. The lowest BCUT2D eigenvalue weighted by molar-refractivity contribution is 0.133. The smallest absolute Gasteiger partial charge is 0.238 e. The number of rotatable bonds is 3. The van der Waals surface area contributed by atoms with Crippen molar-refractivity contribution in [3.8, 4) is 0 Å². The van der Waals surface area contributed by atoms with E-state index in [-0.39, 0.29) is 0 Å². The Labute approximate surface area is 127 Å². The van der Waals surface area contributed by atoms with Crippen molar-refractivity contribution in [3.05, 3.63) is 27.3 Å². The standard InChI is InChI=1S/C13H18INO3S/c1-9-8-10(14)6-7-11(9)15-19(17,18)13-5-3-2-4-12(13)16/h6-8,12-13,15-16H,2-5H2,1H3. The van der Waals surface area contributed by atoms with E-state index in [1.165, 1.54) is 0 Å². The number of aliphatic hydroxyl groups excluding tert-OH is 1. The van der Waals surface area contributed by atoms with Gasteiger partial charge in [0.05, 0.1) is 11.8 Å². The molecule has 2 N–H and O–H groups in total. The maximum absolute atomic E-state index is 12.3. The molecule has 0 saturated heterocycles. The topological polar surface area (TPSA) is 66.4 Å². The average Bonchev–Trinajstić information content (AvgIpc) is 2.33.